The highest BCUT2D eigenvalue weighted by Crippen LogP contribution is 2.10. The minimum absolute atomic E-state index is 0.0719. The van der Waals surface area contributed by atoms with E-state index in [1.807, 2.05) is 0 Å². The summed E-state index contributed by atoms with van der Waals surface area (Å²) >= 11 is 0. The fourth-order valence-corrected chi connectivity index (χ4v) is 1.79. The zero-order chi connectivity index (χ0) is 11.5. The van der Waals surface area contributed by atoms with Crippen LogP contribution in [0.2, 0.25) is 0 Å². The maximum absolute atomic E-state index is 11.8. The van der Waals surface area contributed by atoms with Crippen molar-refractivity contribution < 1.29 is 9.53 Å². The van der Waals surface area contributed by atoms with Crippen molar-refractivity contribution in [1.29, 1.82) is 0 Å². The minimum Gasteiger partial charge on any atom is -0.396 e. The normalized spacial score (nSPS) is 20.7. The van der Waals surface area contributed by atoms with E-state index in [9.17, 15) is 4.79 Å². The molecule has 16 heavy (non-hydrogen) atoms. The fourth-order valence-electron chi connectivity index (χ4n) is 1.79. The lowest BCUT2D eigenvalue weighted by molar-refractivity contribution is 0.0622. The summed E-state index contributed by atoms with van der Waals surface area (Å²) in [5.41, 5.74) is 6.36. The standard InChI is InChI=1S/C10H16N4O2/c1-14-5-8(11)9(13-14)10(15)12-7-3-2-4-16-6-7/h5,7H,2-4,6,11H2,1H3,(H,12,15). The van der Waals surface area contributed by atoms with Crippen molar-refractivity contribution >= 4 is 11.6 Å². The van der Waals surface area contributed by atoms with Gasteiger partial charge in [0.1, 0.15) is 0 Å². The SMILES string of the molecule is Cn1cc(N)c(C(=O)NC2CCCOC2)n1. The predicted octanol–water partition coefficient (Wildman–Crippen LogP) is -0.0889. The van der Waals surface area contributed by atoms with Gasteiger partial charge in [-0.25, -0.2) is 0 Å². The van der Waals surface area contributed by atoms with Gasteiger partial charge in [0.15, 0.2) is 5.69 Å². The van der Waals surface area contributed by atoms with Crippen LogP contribution < -0.4 is 11.1 Å². The number of hydrogen-bond donors (Lipinski definition) is 2. The highest BCUT2D eigenvalue weighted by atomic mass is 16.5. The van der Waals surface area contributed by atoms with Gasteiger partial charge >= 0.3 is 0 Å². The van der Waals surface area contributed by atoms with Crippen LogP contribution in [0.4, 0.5) is 5.69 Å². The minimum atomic E-state index is -0.228. The van der Waals surface area contributed by atoms with Gasteiger partial charge in [-0.3, -0.25) is 9.48 Å². The van der Waals surface area contributed by atoms with Crippen molar-refractivity contribution in [3.8, 4) is 0 Å². The Balaban J connectivity index is 1.99. The van der Waals surface area contributed by atoms with Gasteiger partial charge in [0.25, 0.3) is 5.91 Å². The van der Waals surface area contributed by atoms with Gasteiger partial charge in [-0.05, 0) is 12.8 Å². The lowest BCUT2D eigenvalue weighted by Gasteiger charge is -2.22. The van der Waals surface area contributed by atoms with Gasteiger partial charge in [-0.15, -0.1) is 0 Å². The maximum atomic E-state index is 11.8. The number of carbonyl (C=O) groups excluding carboxylic acids is 1. The summed E-state index contributed by atoms with van der Waals surface area (Å²) in [7, 11) is 1.73. The Hall–Kier alpha value is -1.56. The lowest BCUT2D eigenvalue weighted by Crippen LogP contribution is -2.41. The van der Waals surface area contributed by atoms with Crippen LogP contribution in [-0.2, 0) is 11.8 Å². The number of rotatable bonds is 2. The Morgan fingerprint density at radius 3 is 3.12 bits per heavy atom. The molecule has 1 amide bonds. The summed E-state index contributed by atoms with van der Waals surface area (Å²) in [6.45, 7) is 1.34. The van der Waals surface area contributed by atoms with Gasteiger partial charge in [0, 0.05) is 19.9 Å². The molecule has 2 rings (SSSR count). The van der Waals surface area contributed by atoms with Crippen LogP contribution in [0.1, 0.15) is 23.3 Å². The number of hydrogen-bond acceptors (Lipinski definition) is 4. The van der Waals surface area contributed by atoms with Gasteiger partial charge in [0.05, 0.1) is 18.3 Å². The molecule has 0 bridgehead atoms. The Labute approximate surface area is 93.8 Å². The predicted molar refractivity (Wildman–Crippen MR) is 58.9 cm³/mol. The molecule has 2 heterocycles. The largest absolute Gasteiger partial charge is 0.396 e. The Morgan fingerprint density at radius 2 is 2.56 bits per heavy atom. The van der Waals surface area contributed by atoms with E-state index < -0.39 is 0 Å². The molecule has 1 unspecified atom stereocenters. The average molecular weight is 224 g/mol. The highest BCUT2D eigenvalue weighted by molar-refractivity contribution is 5.97. The molecule has 1 aliphatic heterocycles. The molecule has 1 saturated heterocycles. The van der Waals surface area contributed by atoms with Crippen LogP contribution in [0.25, 0.3) is 0 Å². The molecular formula is C10H16N4O2. The number of amides is 1. The summed E-state index contributed by atoms with van der Waals surface area (Å²) < 4.78 is 6.81. The topological polar surface area (TPSA) is 82.2 Å². The van der Waals surface area contributed by atoms with E-state index in [2.05, 4.69) is 10.4 Å². The van der Waals surface area contributed by atoms with Gasteiger partial charge in [-0.2, -0.15) is 5.10 Å². The molecule has 0 radical (unpaired) electrons. The second kappa shape index (κ2) is 4.52. The first kappa shape index (κ1) is 10.9. The first-order chi connectivity index (χ1) is 7.66. The van der Waals surface area contributed by atoms with Crippen LogP contribution in [0, 0.1) is 0 Å². The molecule has 1 atom stereocenters. The van der Waals surface area contributed by atoms with Crippen LogP contribution in [0.15, 0.2) is 6.20 Å². The molecular weight excluding hydrogens is 208 g/mol. The van der Waals surface area contributed by atoms with E-state index in [0.29, 0.717) is 12.3 Å². The Morgan fingerprint density at radius 1 is 1.75 bits per heavy atom. The number of anilines is 1. The van der Waals surface area contributed by atoms with Crippen LogP contribution in [-0.4, -0.2) is 34.9 Å². The van der Waals surface area contributed by atoms with Crippen molar-refractivity contribution in [2.24, 2.45) is 7.05 Å². The Bertz CT molecular complexity index is 382. The number of nitrogen functional groups attached to an aromatic ring is 1. The van der Waals surface area contributed by atoms with E-state index >= 15 is 0 Å². The molecule has 1 aromatic rings. The zero-order valence-corrected chi connectivity index (χ0v) is 9.27. The number of ether oxygens (including phenoxy) is 1. The van der Waals surface area contributed by atoms with Crippen LogP contribution in [0.5, 0.6) is 0 Å². The molecule has 6 heteroatoms. The number of aryl methyl sites for hydroxylation is 1. The van der Waals surface area contributed by atoms with Gasteiger partial charge < -0.3 is 15.8 Å². The monoisotopic (exact) mass is 224 g/mol. The second-order valence-corrected chi connectivity index (χ2v) is 3.99. The molecule has 0 aliphatic carbocycles. The number of nitrogens with two attached hydrogens (primary N) is 1. The van der Waals surface area contributed by atoms with Crippen molar-refractivity contribution in [2.75, 3.05) is 18.9 Å². The smallest absolute Gasteiger partial charge is 0.274 e. The van der Waals surface area contributed by atoms with E-state index in [0.717, 1.165) is 19.4 Å². The van der Waals surface area contributed by atoms with Crippen LogP contribution >= 0.6 is 0 Å². The van der Waals surface area contributed by atoms with Crippen molar-refractivity contribution in [3.05, 3.63) is 11.9 Å². The molecule has 1 aliphatic rings. The molecule has 88 valence electrons. The third-order valence-electron chi connectivity index (χ3n) is 2.57. The molecule has 6 nitrogen and oxygen atoms in total. The third kappa shape index (κ3) is 2.33. The lowest BCUT2D eigenvalue weighted by atomic mass is 10.1. The summed E-state index contributed by atoms with van der Waals surface area (Å²) in [5.74, 6) is -0.228. The first-order valence-corrected chi connectivity index (χ1v) is 5.34. The average Bonchev–Trinajstić information content (AvgIpc) is 2.59. The fraction of sp³-hybridized carbons (Fsp3) is 0.600. The molecule has 0 saturated carbocycles. The molecule has 1 fully saturated rings. The molecule has 3 N–H and O–H groups in total. The van der Waals surface area contributed by atoms with E-state index in [-0.39, 0.29) is 17.6 Å². The number of nitrogens with one attached hydrogen (secondary N) is 1. The zero-order valence-electron chi connectivity index (χ0n) is 9.27. The van der Waals surface area contributed by atoms with Crippen LogP contribution in [0.3, 0.4) is 0 Å². The maximum Gasteiger partial charge on any atom is 0.274 e. The van der Waals surface area contributed by atoms with Crippen molar-refractivity contribution in [1.82, 2.24) is 15.1 Å². The van der Waals surface area contributed by atoms with E-state index in [1.165, 1.54) is 4.68 Å². The number of aromatic nitrogens is 2. The van der Waals surface area contributed by atoms with Gasteiger partial charge in [0.2, 0.25) is 0 Å². The van der Waals surface area contributed by atoms with Crippen molar-refractivity contribution in [3.63, 3.8) is 0 Å². The quantitative estimate of drug-likeness (QED) is 0.735. The summed E-state index contributed by atoms with van der Waals surface area (Å²) in [5, 5.41) is 6.88. The Kier molecular flexibility index (Phi) is 3.09. The number of nitrogens with zero attached hydrogens (tertiary/aromatic N) is 2. The highest BCUT2D eigenvalue weighted by Gasteiger charge is 2.20. The van der Waals surface area contributed by atoms with Crippen molar-refractivity contribution in [2.45, 2.75) is 18.9 Å². The molecule has 1 aromatic heterocycles. The summed E-state index contributed by atoms with van der Waals surface area (Å²) in [6, 6.07) is 0.0719. The second-order valence-electron chi connectivity index (χ2n) is 3.99. The summed E-state index contributed by atoms with van der Waals surface area (Å²) in [6.07, 6.45) is 3.54. The van der Waals surface area contributed by atoms with E-state index in [1.54, 1.807) is 13.2 Å². The first-order valence-electron chi connectivity index (χ1n) is 5.34. The summed E-state index contributed by atoms with van der Waals surface area (Å²) in [4.78, 5) is 11.8. The molecule has 0 aromatic carbocycles. The van der Waals surface area contributed by atoms with Gasteiger partial charge in [-0.1, -0.05) is 0 Å². The third-order valence-corrected chi connectivity index (χ3v) is 2.57. The van der Waals surface area contributed by atoms with E-state index in [4.69, 9.17) is 10.5 Å². The molecule has 0 spiro atoms. The number of carbonyl (C=O) groups is 1.